The van der Waals surface area contributed by atoms with Gasteiger partial charge in [0, 0.05) is 11.1 Å². The highest BCUT2D eigenvalue weighted by Crippen LogP contribution is 2.34. The standard InChI is InChI=1S/C12H9ClFNO2/c1-6-10(12(15)16)7(5-17-6)11-8(13)3-2-4-9(11)14/h2-5H,1H3,(H2,15,16). The number of hydrogen-bond donors (Lipinski definition) is 1. The van der Waals surface area contributed by atoms with Crippen molar-refractivity contribution in [1.29, 1.82) is 0 Å². The van der Waals surface area contributed by atoms with E-state index in [0.717, 1.165) is 0 Å². The summed E-state index contributed by atoms with van der Waals surface area (Å²) in [6.45, 7) is 1.58. The van der Waals surface area contributed by atoms with E-state index in [2.05, 4.69) is 0 Å². The molecule has 0 atom stereocenters. The molecule has 5 heteroatoms. The van der Waals surface area contributed by atoms with Gasteiger partial charge in [0.15, 0.2) is 0 Å². The summed E-state index contributed by atoms with van der Waals surface area (Å²) in [5, 5.41) is 0.202. The van der Waals surface area contributed by atoms with Crippen LogP contribution in [-0.2, 0) is 0 Å². The van der Waals surface area contributed by atoms with Crippen molar-refractivity contribution in [3.05, 3.63) is 46.6 Å². The SMILES string of the molecule is Cc1occ(-c2c(F)cccc2Cl)c1C(N)=O. The number of aryl methyl sites for hydroxylation is 1. The molecule has 0 saturated heterocycles. The molecule has 0 aliphatic heterocycles. The molecule has 0 radical (unpaired) electrons. The minimum Gasteiger partial charge on any atom is -0.468 e. The van der Waals surface area contributed by atoms with Crippen molar-refractivity contribution in [2.24, 2.45) is 5.73 Å². The summed E-state index contributed by atoms with van der Waals surface area (Å²) in [6, 6.07) is 4.28. The molecule has 0 aliphatic rings. The normalized spacial score (nSPS) is 10.5. The molecule has 1 aromatic carbocycles. The van der Waals surface area contributed by atoms with Crippen molar-refractivity contribution < 1.29 is 13.6 Å². The Hall–Kier alpha value is -1.81. The van der Waals surface area contributed by atoms with Crippen molar-refractivity contribution in [3.63, 3.8) is 0 Å². The number of rotatable bonds is 2. The first-order valence-electron chi connectivity index (χ1n) is 4.84. The van der Waals surface area contributed by atoms with Gasteiger partial charge in [-0.2, -0.15) is 0 Å². The average molecular weight is 254 g/mol. The van der Waals surface area contributed by atoms with Crippen LogP contribution in [0.3, 0.4) is 0 Å². The fourth-order valence-corrected chi connectivity index (χ4v) is 1.96. The maximum absolute atomic E-state index is 13.7. The summed E-state index contributed by atoms with van der Waals surface area (Å²) in [5.74, 6) is -0.863. The van der Waals surface area contributed by atoms with Crippen molar-refractivity contribution >= 4 is 17.5 Å². The molecule has 88 valence electrons. The minimum atomic E-state index is -0.675. The number of amides is 1. The summed E-state index contributed by atoms with van der Waals surface area (Å²) in [4.78, 5) is 11.3. The predicted octanol–water partition coefficient (Wildman–Crippen LogP) is 3.15. The Labute approximate surface area is 102 Å². The van der Waals surface area contributed by atoms with Crippen LogP contribution in [0.5, 0.6) is 0 Å². The van der Waals surface area contributed by atoms with Crippen molar-refractivity contribution in [3.8, 4) is 11.1 Å². The lowest BCUT2D eigenvalue weighted by molar-refractivity contribution is 0.0999. The molecule has 1 aromatic heterocycles. The van der Waals surface area contributed by atoms with Crippen LogP contribution in [0.25, 0.3) is 11.1 Å². The van der Waals surface area contributed by atoms with Gasteiger partial charge in [0.05, 0.1) is 16.8 Å². The van der Waals surface area contributed by atoms with Gasteiger partial charge in [-0.1, -0.05) is 17.7 Å². The molecule has 2 N–H and O–H groups in total. The molecule has 0 saturated carbocycles. The quantitative estimate of drug-likeness (QED) is 0.894. The van der Waals surface area contributed by atoms with E-state index in [0.29, 0.717) is 5.76 Å². The molecular weight excluding hydrogens is 245 g/mol. The molecule has 2 rings (SSSR count). The van der Waals surface area contributed by atoms with Crippen LogP contribution >= 0.6 is 11.6 Å². The van der Waals surface area contributed by atoms with Gasteiger partial charge in [-0.05, 0) is 19.1 Å². The second-order valence-electron chi connectivity index (χ2n) is 3.54. The van der Waals surface area contributed by atoms with E-state index in [1.807, 2.05) is 0 Å². The zero-order valence-corrected chi connectivity index (χ0v) is 9.72. The van der Waals surface area contributed by atoms with Gasteiger partial charge < -0.3 is 10.2 Å². The lowest BCUT2D eigenvalue weighted by Crippen LogP contribution is -2.12. The number of carbonyl (C=O) groups is 1. The molecule has 0 aliphatic carbocycles. The van der Waals surface area contributed by atoms with E-state index in [1.165, 1.54) is 24.5 Å². The second-order valence-corrected chi connectivity index (χ2v) is 3.95. The number of hydrogen-bond acceptors (Lipinski definition) is 2. The smallest absolute Gasteiger partial charge is 0.252 e. The monoisotopic (exact) mass is 253 g/mol. The van der Waals surface area contributed by atoms with E-state index in [4.69, 9.17) is 21.8 Å². The number of carbonyl (C=O) groups excluding carboxylic acids is 1. The third kappa shape index (κ3) is 1.91. The first-order valence-corrected chi connectivity index (χ1v) is 5.22. The van der Waals surface area contributed by atoms with Gasteiger partial charge >= 0.3 is 0 Å². The molecule has 2 aromatic rings. The van der Waals surface area contributed by atoms with Crippen LogP contribution < -0.4 is 5.73 Å². The Morgan fingerprint density at radius 3 is 2.76 bits per heavy atom. The van der Waals surface area contributed by atoms with E-state index >= 15 is 0 Å². The van der Waals surface area contributed by atoms with Crippen LogP contribution in [0, 0.1) is 12.7 Å². The van der Waals surface area contributed by atoms with Crippen molar-refractivity contribution in [2.75, 3.05) is 0 Å². The van der Waals surface area contributed by atoms with Crippen LogP contribution in [0.1, 0.15) is 16.1 Å². The number of furan rings is 1. The maximum Gasteiger partial charge on any atom is 0.252 e. The van der Waals surface area contributed by atoms with E-state index in [-0.39, 0.29) is 21.7 Å². The number of primary amides is 1. The highest BCUT2D eigenvalue weighted by molar-refractivity contribution is 6.33. The van der Waals surface area contributed by atoms with E-state index < -0.39 is 11.7 Å². The summed E-state index contributed by atoms with van der Waals surface area (Å²) in [6.07, 6.45) is 1.28. The average Bonchev–Trinajstić information content (AvgIpc) is 2.60. The number of nitrogens with two attached hydrogens (primary N) is 1. The molecular formula is C12H9ClFNO2. The molecule has 0 fully saturated rings. The molecule has 3 nitrogen and oxygen atoms in total. The van der Waals surface area contributed by atoms with Crippen LogP contribution in [0.2, 0.25) is 5.02 Å². The molecule has 1 heterocycles. The highest BCUT2D eigenvalue weighted by Gasteiger charge is 2.21. The van der Waals surface area contributed by atoms with Crippen molar-refractivity contribution in [2.45, 2.75) is 6.92 Å². The Bertz CT molecular complexity index is 572. The summed E-state index contributed by atoms with van der Waals surface area (Å²) in [7, 11) is 0. The summed E-state index contributed by atoms with van der Waals surface area (Å²) in [5.41, 5.74) is 5.78. The summed E-state index contributed by atoms with van der Waals surface area (Å²) >= 11 is 5.92. The van der Waals surface area contributed by atoms with Gasteiger partial charge in [-0.3, -0.25) is 4.79 Å². The third-order valence-electron chi connectivity index (χ3n) is 2.45. The third-order valence-corrected chi connectivity index (χ3v) is 2.77. The maximum atomic E-state index is 13.7. The second kappa shape index (κ2) is 4.22. The first kappa shape index (κ1) is 11.7. The molecule has 0 spiro atoms. The van der Waals surface area contributed by atoms with Gasteiger partial charge in [0.1, 0.15) is 11.6 Å². The first-order chi connectivity index (χ1) is 8.02. The fraction of sp³-hybridized carbons (Fsp3) is 0.0833. The van der Waals surface area contributed by atoms with Crippen LogP contribution in [0.15, 0.2) is 28.9 Å². The highest BCUT2D eigenvalue weighted by atomic mass is 35.5. The lowest BCUT2D eigenvalue weighted by Gasteiger charge is -2.04. The van der Waals surface area contributed by atoms with Crippen molar-refractivity contribution in [1.82, 2.24) is 0 Å². The fourth-order valence-electron chi connectivity index (χ4n) is 1.70. The van der Waals surface area contributed by atoms with Crippen LogP contribution in [-0.4, -0.2) is 5.91 Å². The Balaban J connectivity index is 2.73. The van der Waals surface area contributed by atoms with Gasteiger partial charge in [-0.25, -0.2) is 4.39 Å². The van der Waals surface area contributed by atoms with Gasteiger partial charge in [-0.15, -0.1) is 0 Å². The number of halogens is 2. The van der Waals surface area contributed by atoms with Crippen LogP contribution in [0.4, 0.5) is 4.39 Å². The minimum absolute atomic E-state index is 0.125. The largest absolute Gasteiger partial charge is 0.468 e. The molecule has 0 bridgehead atoms. The topological polar surface area (TPSA) is 56.2 Å². The zero-order chi connectivity index (χ0) is 12.6. The van der Waals surface area contributed by atoms with E-state index in [9.17, 15) is 9.18 Å². The van der Waals surface area contributed by atoms with Gasteiger partial charge in [0.2, 0.25) is 0 Å². The Kier molecular flexibility index (Phi) is 2.90. The Morgan fingerprint density at radius 2 is 2.18 bits per heavy atom. The van der Waals surface area contributed by atoms with Gasteiger partial charge in [0.25, 0.3) is 5.91 Å². The van der Waals surface area contributed by atoms with E-state index in [1.54, 1.807) is 6.92 Å². The molecule has 17 heavy (non-hydrogen) atoms. The summed E-state index contributed by atoms with van der Waals surface area (Å²) < 4.78 is 18.8. The predicted molar refractivity (Wildman–Crippen MR) is 62.4 cm³/mol. The Morgan fingerprint density at radius 1 is 1.47 bits per heavy atom. The molecule has 0 unspecified atom stereocenters. The number of benzene rings is 1. The molecule has 1 amide bonds. The lowest BCUT2D eigenvalue weighted by atomic mass is 10.0. The zero-order valence-electron chi connectivity index (χ0n) is 8.96.